The molecule has 0 aromatic heterocycles. The number of hydrogen-bond acceptors (Lipinski definition) is 3. The zero-order chi connectivity index (χ0) is 15.0. The molecule has 0 aromatic carbocycles. The van der Waals surface area contributed by atoms with Gasteiger partial charge in [0.15, 0.2) is 0 Å². The van der Waals surface area contributed by atoms with Gasteiger partial charge in [-0.1, -0.05) is 12.8 Å². The largest absolute Gasteiger partial charge is 0.481 e. The first-order valence-electron chi connectivity index (χ1n) is 7.40. The first-order chi connectivity index (χ1) is 9.20. The molecule has 0 heterocycles. The van der Waals surface area contributed by atoms with E-state index in [9.17, 15) is 14.7 Å². The number of aliphatic carboxylic acids is 1. The van der Waals surface area contributed by atoms with Crippen molar-refractivity contribution in [3.8, 4) is 0 Å². The monoisotopic (exact) mass is 283 g/mol. The van der Waals surface area contributed by atoms with Crippen molar-refractivity contribution in [1.29, 1.82) is 0 Å². The molecule has 0 saturated heterocycles. The lowest BCUT2D eigenvalue weighted by Gasteiger charge is -2.37. The number of alkyl carbamates (subject to hydrolysis) is 1. The third kappa shape index (κ3) is 3.44. The van der Waals surface area contributed by atoms with Gasteiger partial charge in [0.1, 0.15) is 5.60 Å². The van der Waals surface area contributed by atoms with Crippen LogP contribution in [-0.2, 0) is 9.53 Å². The minimum Gasteiger partial charge on any atom is -0.481 e. The van der Waals surface area contributed by atoms with Crippen molar-refractivity contribution >= 4 is 12.1 Å². The maximum absolute atomic E-state index is 11.7. The number of ether oxygens (including phenoxy) is 1. The Hall–Kier alpha value is -1.26. The van der Waals surface area contributed by atoms with Crippen LogP contribution in [0.4, 0.5) is 4.79 Å². The van der Waals surface area contributed by atoms with Gasteiger partial charge < -0.3 is 15.2 Å². The van der Waals surface area contributed by atoms with Crippen molar-refractivity contribution in [3.05, 3.63) is 0 Å². The third-order valence-corrected chi connectivity index (χ3v) is 4.43. The summed E-state index contributed by atoms with van der Waals surface area (Å²) >= 11 is 0. The molecule has 114 valence electrons. The Bertz CT molecular complexity index is 387. The van der Waals surface area contributed by atoms with E-state index in [0.29, 0.717) is 24.7 Å². The molecule has 0 radical (unpaired) electrons. The van der Waals surface area contributed by atoms with E-state index in [4.69, 9.17) is 4.74 Å². The molecule has 2 aliphatic carbocycles. The zero-order valence-electron chi connectivity index (χ0n) is 12.6. The van der Waals surface area contributed by atoms with Gasteiger partial charge in [-0.25, -0.2) is 4.79 Å². The highest BCUT2D eigenvalue weighted by Gasteiger charge is 2.49. The van der Waals surface area contributed by atoms with E-state index >= 15 is 0 Å². The van der Waals surface area contributed by atoms with Crippen LogP contribution in [0.3, 0.4) is 0 Å². The minimum atomic E-state index is -0.805. The molecule has 2 bridgehead atoms. The van der Waals surface area contributed by atoms with Crippen molar-refractivity contribution in [2.45, 2.75) is 58.5 Å². The lowest BCUT2D eigenvalue weighted by Crippen LogP contribution is -2.47. The number of carbonyl (C=O) groups excluding carboxylic acids is 1. The lowest BCUT2D eigenvalue weighted by atomic mass is 9.69. The predicted molar refractivity (Wildman–Crippen MR) is 74.4 cm³/mol. The Balaban J connectivity index is 1.97. The summed E-state index contributed by atoms with van der Waals surface area (Å²) in [6, 6.07) is 0. The zero-order valence-corrected chi connectivity index (χ0v) is 12.6. The normalized spacial score (nSPS) is 32.8. The van der Waals surface area contributed by atoms with E-state index in [1.807, 2.05) is 0 Å². The van der Waals surface area contributed by atoms with Crippen LogP contribution >= 0.6 is 0 Å². The van der Waals surface area contributed by atoms with E-state index in [1.165, 1.54) is 0 Å². The molecule has 2 N–H and O–H groups in total. The van der Waals surface area contributed by atoms with E-state index in [-0.39, 0.29) is 6.54 Å². The van der Waals surface area contributed by atoms with Gasteiger partial charge in [0.25, 0.3) is 0 Å². The summed E-state index contributed by atoms with van der Waals surface area (Å²) in [5, 5.41) is 12.3. The Kier molecular flexibility index (Phi) is 3.98. The number of nitrogens with one attached hydrogen (secondary N) is 1. The van der Waals surface area contributed by atoms with E-state index in [2.05, 4.69) is 5.32 Å². The second kappa shape index (κ2) is 5.26. The number of rotatable bonds is 3. The maximum Gasteiger partial charge on any atom is 0.407 e. The highest BCUT2D eigenvalue weighted by Crippen LogP contribution is 2.50. The van der Waals surface area contributed by atoms with Crippen LogP contribution in [0.15, 0.2) is 0 Å². The molecule has 5 nitrogen and oxygen atoms in total. The van der Waals surface area contributed by atoms with Gasteiger partial charge in [-0.15, -0.1) is 0 Å². The molecular weight excluding hydrogens is 258 g/mol. The number of carboxylic acid groups (broad SMARTS) is 1. The van der Waals surface area contributed by atoms with Gasteiger partial charge >= 0.3 is 12.1 Å². The van der Waals surface area contributed by atoms with Gasteiger partial charge in [-0.05, 0) is 51.9 Å². The average Bonchev–Trinajstić information content (AvgIpc) is 2.64. The van der Waals surface area contributed by atoms with Crippen LogP contribution in [0.25, 0.3) is 0 Å². The summed E-state index contributed by atoms with van der Waals surface area (Å²) < 4.78 is 5.18. The molecule has 0 aromatic rings. The maximum atomic E-state index is 11.7. The second-order valence-electron chi connectivity index (χ2n) is 7.39. The second-order valence-corrected chi connectivity index (χ2v) is 7.39. The Morgan fingerprint density at radius 1 is 1.25 bits per heavy atom. The van der Waals surface area contributed by atoms with E-state index in [1.54, 1.807) is 20.8 Å². The van der Waals surface area contributed by atoms with Crippen LogP contribution in [-0.4, -0.2) is 29.3 Å². The number of carboxylic acids is 1. The van der Waals surface area contributed by atoms with Gasteiger partial charge in [0.05, 0.1) is 5.41 Å². The molecule has 1 unspecified atom stereocenters. The van der Waals surface area contributed by atoms with Crippen LogP contribution < -0.4 is 5.32 Å². The molecule has 3 atom stereocenters. The van der Waals surface area contributed by atoms with E-state index in [0.717, 1.165) is 19.3 Å². The van der Waals surface area contributed by atoms with Crippen molar-refractivity contribution < 1.29 is 19.4 Å². The van der Waals surface area contributed by atoms with Crippen LogP contribution in [0, 0.1) is 17.3 Å². The van der Waals surface area contributed by atoms with Gasteiger partial charge in [-0.3, -0.25) is 4.79 Å². The molecule has 2 fully saturated rings. The number of hydrogen-bond donors (Lipinski definition) is 2. The number of fused-ring (bicyclic) bond motifs is 2. The molecule has 0 spiro atoms. The van der Waals surface area contributed by atoms with Crippen molar-refractivity contribution in [2.75, 3.05) is 6.54 Å². The quantitative estimate of drug-likeness (QED) is 0.835. The molecule has 1 amide bonds. The predicted octanol–water partition coefficient (Wildman–Crippen LogP) is 2.79. The summed E-state index contributed by atoms with van der Waals surface area (Å²) in [5.41, 5.74) is -1.37. The molecule has 5 heteroatoms. The summed E-state index contributed by atoms with van der Waals surface area (Å²) in [7, 11) is 0. The van der Waals surface area contributed by atoms with Gasteiger partial charge in [0, 0.05) is 6.54 Å². The Labute approximate surface area is 120 Å². The smallest absolute Gasteiger partial charge is 0.407 e. The first-order valence-corrected chi connectivity index (χ1v) is 7.40. The summed E-state index contributed by atoms with van der Waals surface area (Å²) in [4.78, 5) is 23.4. The number of carbonyl (C=O) groups is 2. The van der Waals surface area contributed by atoms with Crippen LogP contribution in [0.1, 0.15) is 52.9 Å². The summed E-state index contributed by atoms with van der Waals surface area (Å²) in [5.74, 6) is 0.223. The van der Waals surface area contributed by atoms with Crippen LogP contribution in [0.5, 0.6) is 0 Å². The molecule has 20 heavy (non-hydrogen) atoms. The molecule has 2 saturated carbocycles. The average molecular weight is 283 g/mol. The fourth-order valence-electron chi connectivity index (χ4n) is 3.69. The van der Waals surface area contributed by atoms with Crippen molar-refractivity contribution in [2.24, 2.45) is 17.3 Å². The third-order valence-electron chi connectivity index (χ3n) is 4.43. The van der Waals surface area contributed by atoms with Crippen LogP contribution in [0.2, 0.25) is 0 Å². The highest BCUT2D eigenvalue weighted by atomic mass is 16.6. The van der Waals surface area contributed by atoms with Crippen molar-refractivity contribution in [3.63, 3.8) is 0 Å². The Morgan fingerprint density at radius 2 is 1.80 bits per heavy atom. The van der Waals surface area contributed by atoms with E-state index < -0.39 is 23.1 Å². The number of amides is 1. The lowest BCUT2D eigenvalue weighted by molar-refractivity contribution is -0.152. The standard InChI is InChI=1S/C15H25NO4/c1-14(2,3)20-13(19)16-9-15(12(17)18)7-10-4-5-11(6-10)8-15/h10-11H,4-9H2,1-3H3,(H,16,19)(H,17,18)/t10-,11+,15?. The summed E-state index contributed by atoms with van der Waals surface area (Å²) in [6.45, 7) is 5.55. The Morgan fingerprint density at radius 3 is 2.25 bits per heavy atom. The molecule has 0 aliphatic heterocycles. The van der Waals surface area contributed by atoms with Crippen molar-refractivity contribution in [1.82, 2.24) is 5.32 Å². The summed E-state index contributed by atoms with van der Waals surface area (Å²) in [6.07, 6.45) is 4.24. The fourth-order valence-corrected chi connectivity index (χ4v) is 3.69. The fraction of sp³-hybridized carbons (Fsp3) is 0.867. The van der Waals surface area contributed by atoms with Gasteiger partial charge in [0.2, 0.25) is 0 Å². The topological polar surface area (TPSA) is 75.6 Å². The highest BCUT2D eigenvalue weighted by molar-refractivity contribution is 5.76. The molecular formula is C15H25NO4. The van der Waals surface area contributed by atoms with Gasteiger partial charge in [-0.2, -0.15) is 0 Å². The SMILES string of the molecule is CC(C)(C)OC(=O)NCC1(C(=O)O)C[C@@H]2CC[C@@H](C2)C1. The minimum absolute atomic E-state index is 0.171. The first kappa shape index (κ1) is 15.1. The molecule has 2 aliphatic rings. The molecule has 2 rings (SSSR count).